The van der Waals surface area contributed by atoms with Crippen molar-refractivity contribution in [2.75, 3.05) is 6.61 Å². The highest BCUT2D eigenvalue weighted by molar-refractivity contribution is 5.78. The van der Waals surface area contributed by atoms with E-state index in [2.05, 4.69) is 10.0 Å². The smallest absolute Gasteiger partial charge is 0.413 e. The summed E-state index contributed by atoms with van der Waals surface area (Å²) in [6, 6.07) is -1.57. The zero-order valence-corrected chi connectivity index (χ0v) is 18.1. The van der Waals surface area contributed by atoms with Crippen LogP contribution in [0, 0.1) is 0 Å². The van der Waals surface area contributed by atoms with Gasteiger partial charge in [0.25, 0.3) is 0 Å². The van der Waals surface area contributed by atoms with Crippen molar-refractivity contribution in [3.05, 3.63) is 10.4 Å². The molecule has 28 heavy (non-hydrogen) atoms. The number of hydrogen-bond acceptors (Lipinski definition) is 7. The highest BCUT2D eigenvalue weighted by Crippen LogP contribution is 2.40. The monoisotopic (exact) mass is 400 g/mol. The topological polar surface area (TPSA) is 134 Å². The first kappa shape index (κ1) is 24.0. The van der Waals surface area contributed by atoms with E-state index in [4.69, 9.17) is 19.7 Å². The van der Waals surface area contributed by atoms with Crippen LogP contribution in [-0.4, -0.2) is 63.3 Å². The van der Waals surface area contributed by atoms with Crippen molar-refractivity contribution in [2.45, 2.75) is 96.9 Å². The van der Waals surface area contributed by atoms with Crippen LogP contribution in [0.2, 0.25) is 0 Å². The molecule has 1 aliphatic heterocycles. The number of nitrogens with zero attached hydrogens (tertiary/aromatic N) is 4. The molecule has 1 N–H and O–H groups in total. The number of carbonyl (C=O) groups is 2. The molecule has 1 amide bonds. The van der Waals surface area contributed by atoms with Gasteiger partial charge in [-0.1, -0.05) is 5.11 Å². The maximum atomic E-state index is 12.9. The molecule has 1 rings (SSSR count). The van der Waals surface area contributed by atoms with E-state index in [1.54, 1.807) is 62.3 Å². The lowest BCUT2D eigenvalue weighted by Gasteiger charge is -2.43. The zero-order valence-electron chi connectivity index (χ0n) is 18.1. The van der Waals surface area contributed by atoms with E-state index >= 15 is 0 Å². The molecule has 160 valence electrons. The Kier molecular flexibility index (Phi) is 6.66. The number of azide groups is 1. The van der Waals surface area contributed by atoms with Gasteiger partial charge in [-0.15, -0.1) is 0 Å². The third-order valence-electron chi connectivity index (χ3n) is 4.10. The molecule has 3 atom stereocenters. The Bertz CT molecular complexity index is 660. The van der Waals surface area contributed by atoms with Gasteiger partial charge in [-0.2, -0.15) is 0 Å². The van der Waals surface area contributed by atoms with E-state index in [1.165, 1.54) is 4.90 Å². The summed E-state index contributed by atoms with van der Waals surface area (Å²) in [6.45, 7) is 14.8. The Morgan fingerprint density at radius 3 is 2.07 bits per heavy atom. The minimum Gasteiger partial charge on any atom is -0.460 e. The first-order chi connectivity index (χ1) is 12.4. The minimum absolute atomic E-state index is 0.0966. The van der Waals surface area contributed by atoms with E-state index < -0.39 is 46.7 Å². The van der Waals surface area contributed by atoms with Gasteiger partial charge in [0.15, 0.2) is 6.04 Å². The van der Waals surface area contributed by atoms with Gasteiger partial charge in [-0.05, 0) is 67.8 Å². The lowest BCUT2D eigenvalue weighted by molar-refractivity contribution is -0.162. The van der Waals surface area contributed by atoms with Crippen molar-refractivity contribution in [1.29, 1.82) is 0 Å². The number of aliphatic hydroxyl groups is 1. The van der Waals surface area contributed by atoms with Crippen LogP contribution in [-0.2, 0) is 19.0 Å². The zero-order chi connectivity index (χ0) is 22.1. The fourth-order valence-corrected chi connectivity index (χ4v) is 3.02. The predicted molar refractivity (Wildman–Crippen MR) is 101 cm³/mol. The Morgan fingerprint density at radius 2 is 1.64 bits per heavy atom. The Labute approximate surface area is 165 Å². The van der Waals surface area contributed by atoms with Gasteiger partial charge in [-0.3, -0.25) is 9.69 Å². The van der Waals surface area contributed by atoms with Gasteiger partial charge < -0.3 is 19.3 Å². The molecule has 10 heteroatoms. The van der Waals surface area contributed by atoms with Crippen molar-refractivity contribution in [2.24, 2.45) is 5.11 Å². The summed E-state index contributed by atoms with van der Waals surface area (Å²) in [4.78, 5) is 29.3. The number of carbonyl (C=O) groups excluding carboxylic acids is 2. The number of amides is 1. The Balaban J connectivity index is 3.31. The van der Waals surface area contributed by atoms with Gasteiger partial charge in [0.05, 0.1) is 18.2 Å². The van der Waals surface area contributed by atoms with Crippen molar-refractivity contribution in [1.82, 2.24) is 4.90 Å². The molecule has 0 radical (unpaired) electrons. The number of rotatable bonds is 4. The molecule has 0 unspecified atom stereocenters. The third-order valence-corrected chi connectivity index (χ3v) is 4.10. The number of esters is 1. The fourth-order valence-electron chi connectivity index (χ4n) is 3.02. The van der Waals surface area contributed by atoms with Crippen LogP contribution < -0.4 is 0 Å². The summed E-state index contributed by atoms with van der Waals surface area (Å²) in [6.07, 6.45) is -2.31. The highest BCUT2D eigenvalue weighted by Gasteiger charge is 2.59. The fraction of sp³-hybridized carbons (Fsp3) is 0.889. The van der Waals surface area contributed by atoms with Gasteiger partial charge in [0, 0.05) is 4.91 Å². The van der Waals surface area contributed by atoms with Gasteiger partial charge in [0.1, 0.15) is 16.9 Å². The molecule has 0 aromatic carbocycles. The van der Waals surface area contributed by atoms with E-state index in [9.17, 15) is 14.7 Å². The molecule has 1 saturated heterocycles. The molecule has 1 aliphatic rings. The highest BCUT2D eigenvalue weighted by atomic mass is 16.6. The Morgan fingerprint density at radius 1 is 1.14 bits per heavy atom. The average molecular weight is 400 g/mol. The molecular formula is C18H32N4O6. The number of aliphatic hydroxyl groups excluding tert-OH is 1. The second-order valence-corrected chi connectivity index (χ2v) is 9.54. The summed E-state index contributed by atoms with van der Waals surface area (Å²) >= 11 is 0. The quantitative estimate of drug-likeness (QED) is 0.333. The van der Waals surface area contributed by atoms with Crippen LogP contribution in [0.1, 0.15) is 62.3 Å². The van der Waals surface area contributed by atoms with Crippen LogP contribution in [0.3, 0.4) is 0 Å². The van der Waals surface area contributed by atoms with Crippen molar-refractivity contribution in [3.8, 4) is 0 Å². The molecule has 0 bridgehead atoms. The maximum absolute atomic E-state index is 12.9. The molecule has 1 fully saturated rings. The normalized spacial score (nSPS) is 24.1. The molecule has 1 heterocycles. The molecule has 0 aliphatic carbocycles. The van der Waals surface area contributed by atoms with Gasteiger partial charge in [-0.25, -0.2) is 4.79 Å². The van der Waals surface area contributed by atoms with E-state index in [0.29, 0.717) is 0 Å². The standard InChI is InChI=1S/C18H32N4O6/c1-15(2,3)27-13(24)11(20-21-19)12(23)18(9)10-26-17(7,8)22(18)14(25)28-16(4,5)6/h11-12,23H,10H2,1-9H3/t11-,12+,18+/m0/s1. The maximum Gasteiger partial charge on any atom is 0.413 e. The molecule has 0 saturated carbocycles. The summed E-state index contributed by atoms with van der Waals surface area (Å²) in [5, 5.41) is 14.5. The van der Waals surface area contributed by atoms with Crippen molar-refractivity contribution >= 4 is 12.1 Å². The first-order valence-corrected chi connectivity index (χ1v) is 9.07. The van der Waals surface area contributed by atoms with Crippen molar-refractivity contribution < 1.29 is 28.9 Å². The van der Waals surface area contributed by atoms with E-state index in [0.717, 1.165) is 0 Å². The van der Waals surface area contributed by atoms with E-state index in [1.807, 2.05) is 0 Å². The van der Waals surface area contributed by atoms with Crippen LogP contribution in [0.5, 0.6) is 0 Å². The molecule has 0 aromatic rings. The molecule has 0 aromatic heterocycles. The van der Waals surface area contributed by atoms with E-state index in [-0.39, 0.29) is 6.61 Å². The lowest BCUT2D eigenvalue weighted by atomic mass is 9.88. The van der Waals surface area contributed by atoms with Crippen LogP contribution in [0.15, 0.2) is 5.11 Å². The largest absolute Gasteiger partial charge is 0.460 e. The molecule has 0 spiro atoms. The predicted octanol–water partition coefficient (Wildman–Crippen LogP) is 3.13. The third kappa shape index (κ3) is 5.50. The lowest BCUT2D eigenvalue weighted by Crippen LogP contribution is -2.63. The van der Waals surface area contributed by atoms with Crippen molar-refractivity contribution in [3.63, 3.8) is 0 Å². The second-order valence-electron chi connectivity index (χ2n) is 9.54. The number of hydrogen-bond donors (Lipinski definition) is 1. The van der Waals surface area contributed by atoms with Gasteiger partial charge in [0.2, 0.25) is 0 Å². The van der Waals surface area contributed by atoms with Crippen LogP contribution in [0.4, 0.5) is 4.79 Å². The average Bonchev–Trinajstić information content (AvgIpc) is 2.71. The SMILES string of the molecule is CC(C)(C)OC(=O)[C@@H](N=[N+]=[N-])[C@@H](O)[C@@]1(C)COC(C)(C)N1C(=O)OC(C)(C)C. The van der Waals surface area contributed by atoms with Gasteiger partial charge >= 0.3 is 12.1 Å². The van der Waals surface area contributed by atoms with Crippen LogP contribution >= 0.6 is 0 Å². The van der Waals surface area contributed by atoms with Crippen LogP contribution in [0.25, 0.3) is 10.4 Å². The second kappa shape index (κ2) is 7.77. The summed E-state index contributed by atoms with van der Waals surface area (Å²) in [5.74, 6) is -0.895. The Hall–Kier alpha value is -2.03. The minimum atomic E-state index is -1.59. The molecular weight excluding hydrogens is 368 g/mol. The summed E-state index contributed by atoms with van der Waals surface area (Å²) in [5.41, 5.74) is 4.74. The summed E-state index contributed by atoms with van der Waals surface area (Å²) < 4.78 is 16.4. The number of ether oxygens (including phenoxy) is 3. The first-order valence-electron chi connectivity index (χ1n) is 9.07. The summed E-state index contributed by atoms with van der Waals surface area (Å²) in [7, 11) is 0. The molecule has 10 nitrogen and oxygen atoms in total.